The Kier molecular flexibility index (Phi) is 10.6. The van der Waals surface area contributed by atoms with Crippen molar-refractivity contribution in [2.24, 2.45) is 0 Å². The molecule has 3 aromatic carbocycles. The highest BCUT2D eigenvalue weighted by atomic mass is 32.2. The van der Waals surface area contributed by atoms with Crippen LogP contribution in [0.1, 0.15) is 47.9 Å². The van der Waals surface area contributed by atoms with Crippen LogP contribution in [0.4, 0.5) is 39.5 Å². The predicted octanol–water partition coefficient (Wildman–Crippen LogP) is 8.01. The Balaban J connectivity index is 1.52. The zero-order valence-electron chi connectivity index (χ0n) is 26.4. The van der Waals surface area contributed by atoms with E-state index in [0.29, 0.717) is 29.8 Å². The molecule has 0 aliphatic heterocycles. The highest BCUT2D eigenvalue weighted by molar-refractivity contribution is 7.92. The molecule has 0 spiro atoms. The molecule has 6 nitrogen and oxygen atoms in total. The number of ether oxygens (including phenoxy) is 1. The summed E-state index contributed by atoms with van der Waals surface area (Å²) < 4.78 is 160. The van der Waals surface area contributed by atoms with Gasteiger partial charge < -0.3 is 10.1 Å². The number of nitrogens with zero attached hydrogens (tertiary/aromatic N) is 1. The first-order chi connectivity index (χ1) is 23.9. The van der Waals surface area contributed by atoms with Crippen LogP contribution in [0.3, 0.4) is 0 Å². The van der Waals surface area contributed by atoms with Crippen molar-refractivity contribution in [1.29, 1.82) is 0 Å². The molecule has 0 radical (unpaired) electrons. The molecule has 51 heavy (non-hydrogen) atoms. The lowest BCUT2D eigenvalue weighted by Crippen LogP contribution is -2.56. The summed E-state index contributed by atoms with van der Waals surface area (Å²) >= 11 is 0. The van der Waals surface area contributed by atoms with Crippen molar-refractivity contribution >= 4 is 15.7 Å². The van der Waals surface area contributed by atoms with Gasteiger partial charge in [-0.2, -0.15) is 26.3 Å². The molecule has 16 heteroatoms. The van der Waals surface area contributed by atoms with Gasteiger partial charge in [0.1, 0.15) is 22.2 Å². The lowest BCUT2D eigenvalue weighted by molar-refractivity contribution is -0.392. The molecule has 1 aliphatic carbocycles. The molecule has 5 rings (SSSR count). The molecule has 1 aliphatic rings. The smallest absolute Gasteiger partial charge is 0.353 e. The second-order valence-corrected chi connectivity index (χ2v) is 14.3. The molecule has 1 saturated carbocycles. The summed E-state index contributed by atoms with van der Waals surface area (Å²) in [6.45, 7) is -1.75. The van der Waals surface area contributed by atoms with E-state index in [-0.39, 0.29) is 48.5 Å². The maximum absolute atomic E-state index is 14.5. The quantitative estimate of drug-likeness (QED) is 0.132. The van der Waals surface area contributed by atoms with Crippen molar-refractivity contribution in [2.75, 3.05) is 0 Å². The van der Waals surface area contributed by atoms with Crippen LogP contribution in [-0.4, -0.2) is 37.7 Å². The molecule has 4 aromatic rings. The van der Waals surface area contributed by atoms with Gasteiger partial charge in [-0.25, -0.2) is 21.6 Å². The number of pyridine rings is 1. The average Bonchev–Trinajstić information content (AvgIpc) is 3.06. The third-order valence-electron chi connectivity index (χ3n) is 8.99. The van der Waals surface area contributed by atoms with Crippen molar-refractivity contribution in [2.45, 2.75) is 72.3 Å². The minimum Gasteiger partial charge on any atom is -0.353 e. The van der Waals surface area contributed by atoms with Gasteiger partial charge in [-0.1, -0.05) is 36.4 Å². The number of halogens is 9. The number of sulfone groups is 1. The molecular weight excluding hydrogens is 715 g/mol. The van der Waals surface area contributed by atoms with Crippen LogP contribution in [0.2, 0.25) is 0 Å². The number of carbonyl (C=O) groups is 1. The minimum atomic E-state index is -6.21. The monoisotopic (exact) mass is 744 g/mol. The number of hydrogen-bond donors (Lipinski definition) is 1. The number of carbonyl (C=O) groups excluding carboxylic acids is 1. The first-order valence-electron chi connectivity index (χ1n) is 15.4. The topological polar surface area (TPSA) is 85.4 Å². The van der Waals surface area contributed by atoms with Crippen LogP contribution in [-0.2, 0) is 42.7 Å². The van der Waals surface area contributed by atoms with Gasteiger partial charge >= 0.3 is 12.4 Å². The molecule has 1 heterocycles. The summed E-state index contributed by atoms with van der Waals surface area (Å²) in [6, 6.07) is 11.2. The molecule has 1 aromatic heterocycles. The molecular formula is C35H29F9N2O4S. The maximum atomic E-state index is 14.5. The van der Waals surface area contributed by atoms with E-state index in [1.165, 1.54) is 12.4 Å². The first kappa shape index (κ1) is 37.8. The van der Waals surface area contributed by atoms with E-state index in [1.807, 2.05) is 0 Å². The molecule has 272 valence electrons. The van der Waals surface area contributed by atoms with Gasteiger partial charge in [-0.15, -0.1) is 0 Å². The molecule has 1 N–H and O–H groups in total. The van der Waals surface area contributed by atoms with Crippen LogP contribution < -0.4 is 5.32 Å². The summed E-state index contributed by atoms with van der Waals surface area (Å²) in [7, 11) is -4.50. The fourth-order valence-electron chi connectivity index (χ4n) is 6.34. The van der Waals surface area contributed by atoms with E-state index in [2.05, 4.69) is 15.0 Å². The van der Waals surface area contributed by atoms with Gasteiger partial charge in [0.05, 0.1) is 17.9 Å². The summed E-state index contributed by atoms with van der Waals surface area (Å²) in [5.41, 5.74) is -7.31. The average molecular weight is 745 g/mol. The van der Waals surface area contributed by atoms with Gasteiger partial charge in [-0.3, -0.25) is 9.78 Å². The van der Waals surface area contributed by atoms with Gasteiger partial charge in [0.15, 0.2) is 9.84 Å². The maximum Gasteiger partial charge on any atom is 0.430 e. The second-order valence-electron chi connectivity index (χ2n) is 12.1. The Labute approximate surface area is 286 Å². The van der Waals surface area contributed by atoms with E-state index in [0.717, 1.165) is 42.5 Å². The van der Waals surface area contributed by atoms with Crippen LogP contribution in [0.25, 0.3) is 0 Å². The zero-order valence-corrected chi connectivity index (χ0v) is 27.2. The van der Waals surface area contributed by atoms with Crippen molar-refractivity contribution in [3.05, 3.63) is 131 Å². The third kappa shape index (κ3) is 7.34. The van der Waals surface area contributed by atoms with E-state index in [1.54, 1.807) is 12.1 Å². The SMILES string of the molecule is O=C(Cc1cccnc1)N[C@H]1CC[C@@](c2ccc(C(OCc3c(F)cccc3F)(C(F)(F)F)C(F)(F)F)cc2)(S(=O)(=O)c2ccc(F)cc2)CC1. The molecule has 1 fully saturated rings. The number of nitrogens with one attached hydrogen (secondary N) is 1. The van der Waals surface area contributed by atoms with Crippen molar-refractivity contribution in [3.8, 4) is 0 Å². The number of amides is 1. The van der Waals surface area contributed by atoms with E-state index >= 15 is 0 Å². The molecule has 0 bridgehead atoms. The number of alkyl halides is 6. The summed E-state index contributed by atoms with van der Waals surface area (Å²) in [5, 5.41) is 2.82. The van der Waals surface area contributed by atoms with Gasteiger partial charge in [-0.05, 0) is 79.3 Å². The Morgan fingerprint density at radius 2 is 1.41 bits per heavy atom. The summed E-state index contributed by atoms with van der Waals surface area (Å²) in [4.78, 5) is 16.3. The Morgan fingerprint density at radius 3 is 1.94 bits per heavy atom. The summed E-state index contributed by atoms with van der Waals surface area (Å²) in [5.74, 6) is -3.99. The number of rotatable bonds is 10. The highest BCUT2D eigenvalue weighted by Crippen LogP contribution is 2.54. The minimum absolute atomic E-state index is 0.0173. The van der Waals surface area contributed by atoms with E-state index < -0.39 is 73.8 Å². The van der Waals surface area contributed by atoms with Crippen LogP contribution >= 0.6 is 0 Å². The summed E-state index contributed by atoms with van der Waals surface area (Å²) in [6.07, 6.45) is -9.76. The lowest BCUT2D eigenvalue weighted by Gasteiger charge is -2.41. The standard InChI is InChI=1S/C35H29F9N2O4S/c36-25-10-12-27(13-11-25)51(48,49)32(16-14-26(15-17-32)46-31(47)19-22-3-2-18-45-20-22)23-6-8-24(9-7-23)33(34(39,40)41,35(42,43)44)50-21-28-29(37)4-1-5-30(28)38/h1-13,18,20,26H,14-17,19,21H2,(H,46,47)/t26-,32+. The predicted molar refractivity (Wildman–Crippen MR) is 165 cm³/mol. The molecule has 0 unspecified atom stereocenters. The van der Waals surface area contributed by atoms with Gasteiger partial charge in [0.2, 0.25) is 5.91 Å². The normalized spacial score (nSPS) is 18.7. The first-order valence-corrected chi connectivity index (χ1v) is 16.9. The molecule has 0 atom stereocenters. The third-order valence-corrected chi connectivity index (χ3v) is 11.6. The lowest BCUT2D eigenvalue weighted by atomic mass is 9.79. The molecule has 1 amide bonds. The highest BCUT2D eigenvalue weighted by Gasteiger charge is 2.73. The number of hydrogen-bond acceptors (Lipinski definition) is 5. The Hall–Kier alpha value is -4.44. The van der Waals surface area contributed by atoms with Crippen LogP contribution in [0.15, 0.2) is 96.2 Å². The van der Waals surface area contributed by atoms with Crippen LogP contribution in [0, 0.1) is 17.5 Å². The van der Waals surface area contributed by atoms with Crippen LogP contribution in [0.5, 0.6) is 0 Å². The van der Waals surface area contributed by atoms with Crippen molar-refractivity contribution in [3.63, 3.8) is 0 Å². The fraction of sp³-hybridized carbons (Fsp3) is 0.314. The van der Waals surface area contributed by atoms with E-state index in [4.69, 9.17) is 0 Å². The van der Waals surface area contributed by atoms with Gasteiger partial charge in [0.25, 0.3) is 5.60 Å². The molecule has 0 saturated heterocycles. The van der Waals surface area contributed by atoms with Crippen molar-refractivity contribution in [1.82, 2.24) is 10.3 Å². The van der Waals surface area contributed by atoms with Gasteiger partial charge in [0, 0.05) is 29.6 Å². The van der Waals surface area contributed by atoms with Crippen molar-refractivity contribution < 1.29 is 57.5 Å². The second kappa shape index (κ2) is 14.3. The zero-order chi connectivity index (χ0) is 37.2. The van der Waals surface area contributed by atoms with E-state index in [9.17, 15) is 52.7 Å². The Morgan fingerprint density at radius 1 is 0.824 bits per heavy atom. The Bertz CT molecular complexity index is 1910. The number of aromatic nitrogens is 1. The largest absolute Gasteiger partial charge is 0.430 e. The number of benzene rings is 3. The fourth-order valence-corrected chi connectivity index (χ4v) is 8.51.